The molecule has 3 heteroatoms. The number of aryl methyl sites for hydroxylation is 2. The van der Waals surface area contributed by atoms with Gasteiger partial charge in [0.05, 0.1) is 5.69 Å². The molecular formula is C13H20N2S. The van der Waals surface area contributed by atoms with Gasteiger partial charge >= 0.3 is 0 Å². The van der Waals surface area contributed by atoms with Crippen molar-refractivity contribution in [1.82, 2.24) is 10.3 Å². The largest absolute Gasteiger partial charge is 0.307 e. The molecule has 2 unspecified atom stereocenters. The van der Waals surface area contributed by atoms with Crippen LogP contribution in [0.15, 0.2) is 0 Å². The van der Waals surface area contributed by atoms with Crippen LogP contribution in [0.4, 0.5) is 0 Å². The lowest BCUT2D eigenvalue weighted by Gasteiger charge is -2.16. The van der Waals surface area contributed by atoms with Crippen molar-refractivity contribution in [3.05, 3.63) is 15.6 Å². The lowest BCUT2D eigenvalue weighted by Crippen LogP contribution is -2.30. The fourth-order valence-electron chi connectivity index (χ4n) is 2.99. The zero-order valence-electron chi connectivity index (χ0n) is 9.96. The van der Waals surface area contributed by atoms with E-state index in [-0.39, 0.29) is 0 Å². The second-order valence-electron chi connectivity index (χ2n) is 5.23. The molecule has 1 heterocycles. The fraction of sp³-hybridized carbons (Fsp3) is 0.769. The summed E-state index contributed by atoms with van der Waals surface area (Å²) in [6, 6.07) is 0.735. The first-order chi connectivity index (χ1) is 7.83. The van der Waals surface area contributed by atoms with Gasteiger partial charge < -0.3 is 5.32 Å². The average Bonchev–Trinajstić information content (AvgIpc) is 2.89. The van der Waals surface area contributed by atoms with Crippen molar-refractivity contribution in [1.29, 1.82) is 0 Å². The molecule has 0 saturated heterocycles. The third kappa shape index (κ3) is 2.03. The first-order valence-corrected chi connectivity index (χ1v) is 7.35. The maximum atomic E-state index is 4.73. The fourth-order valence-corrected chi connectivity index (χ4v) is 4.09. The lowest BCUT2D eigenvalue weighted by molar-refractivity contribution is 0.425. The zero-order valence-corrected chi connectivity index (χ0v) is 10.8. The number of aromatic nitrogens is 1. The van der Waals surface area contributed by atoms with Crippen LogP contribution in [0.5, 0.6) is 0 Å². The first-order valence-electron chi connectivity index (χ1n) is 6.54. The van der Waals surface area contributed by atoms with E-state index in [2.05, 4.69) is 12.2 Å². The molecule has 0 amide bonds. The summed E-state index contributed by atoms with van der Waals surface area (Å²) in [5.74, 6) is 0.854. The Hall–Kier alpha value is -0.410. The highest BCUT2D eigenvalue weighted by Gasteiger charge is 2.23. The first kappa shape index (κ1) is 10.7. The molecule has 1 aromatic rings. The predicted molar refractivity (Wildman–Crippen MR) is 67.8 cm³/mol. The normalized spacial score (nSPS) is 28.6. The van der Waals surface area contributed by atoms with Gasteiger partial charge in [0.15, 0.2) is 0 Å². The van der Waals surface area contributed by atoms with Gasteiger partial charge in [-0.05, 0) is 38.0 Å². The summed E-state index contributed by atoms with van der Waals surface area (Å²) in [5.41, 5.74) is 1.39. The van der Waals surface area contributed by atoms with E-state index < -0.39 is 0 Å². The third-order valence-electron chi connectivity index (χ3n) is 4.02. The molecule has 0 radical (unpaired) electrons. The molecule has 1 aromatic heterocycles. The molecule has 1 N–H and O–H groups in total. The molecule has 0 spiro atoms. The van der Waals surface area contributed by atoms with Gasteiger partial charge in [-0.15, -0.1) is 11.3 Å². The van der Waals surface area contributed by atoms with E-state index in [9.17, 15) is 0 Å². The van der Waals surface area contributed by atoms with Crippen LogP contribution in [0.1, 0.15) is 48.2 Å². The van der Waals surface area contributed by atoms with Gasteiger partial charge in [0.2, 0.25) is 0 Å². The number of nitrogens with zero attached hydrogens (tertiary/aromatic N) is 1. The lowest BCUT2D eigenvalue weighted by atomic mass is 10.1. The van der Waals surface area contributed by atoms with E-state index in [1.807, 2.05) is 11.3 Å². The van der Waals surface area contributed by atoms with Crippen LogP contribution < -0.4 is 5.32 Å². The Morgan fingerprint density at radius 1 is 1.31 bits per heavy atom. The second kappa shape index (κ2) is 4.46. The Bertz CT molecular complexity index is 351. The Balaban J connectivity index is 1.58. The molecule has 2 aliphatic carbocycles. The van der Waals surface area contributed by atoms with E-state index in [1.54, 1.807) is 4.88 Å². The minimum absolute atomic E-state index is 0.735. The van der Waals surface area contributed by atoms with Crippen molar-refractivity contribution >= 4 is 11.3 Å². The second-order valence-corrected chi connectivity index (χ2v) is 6.39. The van der Waals surface area contributed by atoms with Gasteiger partial charge in [-0.3, -0.25) is 0 Å². The highest BCUT2D eigenvalue weighted by Crippen LogP contribution is 2.28. The number of thiazole rings is 1. The van der Waals surface area contributed by atoms with Gasteiger partial charge in [0.1, 0.15) is 5.01 Å². The molecule has 0 aromatic carbocycles. The van der Waals surface area contributed by atoms with E-state index in [0.717, 1.165) is 18.5 Å². The highest BCUT2D eigenvalue weighted by molar-refractivity contribution is 7.11. The molecule has 88 valence electrons. The zero-order chi connectivity index (χ0) is 11.0. The number of hydrogen-bond acceptors (Lipinski definition) is 3. The van der Waals surface area contributed by atoms with Crippen LogP contribution in [0, 0.1) is 5.92 Å². The minimum Gasteiger partial charge on any atom is -0.307 e. The van der Waals surface area contributed by atoms with Crippen molar-refractivity contribution < 1.29 is 0 Å². The monoisotopic (exact) mass is 236 g/mol. The average molecular weight is 236 g/mol. The summed E-state index contributed by atoms with van der Waals surface area (Å²) < 4.78 is 0. The van der Waals surface area contributed by atoms with Gasteiger partial charge in [-0.1, -0.05) is 13.3 Å². The van der Waals surface area contributed by atoms with Gasteiger partial charge in [-0.2, -0.15) is 0 Å². The molecule has 16 heavy (non-hydrogen) atoms. The Morgan fingerprint density at radius 3 is 3.00 bits per heavy atom. The molecule has 0 bridgehead atoms. The number of hydrogen-bond donors (Lipinski definition) is 1. The summed E-state index contributed by atoms with van der Waals surface area (Å²) in [4.78, 5) is 6.28. The molecule has 1 saturated carbocycles. The number of rotatable bonds is 3. The molecule has 2 nitrogen and oxygen atoms in total. The van der Waals surface area contributed by atoms with Crippen LogP contribution in [-0.4, -0.2) is 11.0 Å². The molecule has 0 aliphatic heterocycles. The van der Waals surface area contributed by atoms with Crippen LogP contribution >= 0.6 is 11.3 Å². The van der Waals surface area contributed by atoms with Crippen molar-refractivity contribution in [2.24, 2.45) is 5.92 Å². The predicted octanol–water partition coefficient (Wildman–Crippen LogP) is 2.91. The van der Waals surface area contributed by atoms with Crippen molar-refractivity contribution in [2.75, 3.05) is 0 Å². The summed E-state index contributed by atoms with van der Waals surface area (Å²) in [7, 11) is 0. The quantitative estimate of drug-likeness (QED) is 0.873. The maximum Gasteiger partial charge on any atom is 0.107 e. The third-order valence-corrected chi connectivity index (χ3v) is 5.17. The van der Waals surface area contributed by atoms with E-state index >= 15 is 0 Å². The highest BCUT2D eigenvalue weighted by atomic mass is 32.1. The summed E-state index contributed by atoms with van der Waals surface area (Å²) in [5, 5.41) is 4.99. The summed E-state index contributed by atoms with van der Waals surface area (Å²) in [6.45, 7) is 3.36. The molecule has 2 aliphatic rings. The summed E-state index contributed by atoms with van der Waals surface area (Å²) >= 11 is 1.93. The van der Waals surface area contributed by atoms with Crippen LogP contribution in [0.2, 0.25) is 0 Å². The van der Waals surface area contributed by atoms with Gasteiger partial charge in [-0.25, -0.2) is 4.98 Å². The van der Waals surface area contributed by atoms with Crippen LogP contribution in [-0.2, 0) is 19.4 Å². The molecule has 3 rings (SSSR count). The van der Waals surface area contributed by atoms with Crippen molar-refractivity contribution in [3.8, 4) is 0 Å². The summed E-state index contributed by atoms with van der Waals surface area (Å²) in [6.07, 6.45) is 7.95. The Labute approximate surface area is 101 Å². The Morgan fingerprint density at radius 2 is 2.25 bits per heavy atom. The Kier molecular flexibility index (Phi) is 2.99. The van der Waals surface area contributed by atoms with Gasteiger partial charge in [0.25, 0.3) is 0 Å². The van der Waals surface area contributed by atoms with Crippen LogP contribution in [0.25, 0.3) is 0 Å². The van der Waals surface area contributed by atoms with E-state index in [4.69, 9.17) is 4.98 Å². The van der Waals surface area contributed by atoms with E-state index in [0.29, 0.717) is 0 Å². The molecule has 1 fully saturated rings. The van der Waals surface area contributed by atoms with Crippen molar-refractivity contribution in [2.45, 2.75) is 58.0 Å². The topological polar surface area (TPSA) is 24.9 Å². The van der Waals surface area contributed by atoms with Gasteiger partial charge in [0, 0.05) is 17.5 Å². The van der Waals surface area contributed by atoms with Crippen LogP contribution in [0.3, 0.4) is 0 Å². The minimum atomic E-state index is 0.735. The van der Waals surface area contributed by atoms with E-state index in [1.165, 1.54) is 49.2 Å². The molecular weight excluding hydrogens is 216 g/mol. The number of fused-ring (bicyclic) bond motifs is 1. The molecule has 2 atom stereocenters. The maximum absolute atomic E-state index is 4.73. The smallest absolute Gasteiger partial charge is 0.107 e. The number of nitrogens with one attached hydrogen (secondary N) is 1. The standard InChI is InChI=1S/C13H20N2S/c1-9-4-2-5-10(9)14-8-13-15-11-6-3-7-12(11)16-13/h9-10,14H,2-8H2,1H3. The van der Waals surface area contributed by atoms with Crippen molar-refractivity contribution in [3.63, 3.8) is 0 Å². The SMILES string of the molecule is CC1CCCC1NCc1nc2c(s1)CCC2.